The molecule has 2 aromatic heterocycles. The fourth-order valence-electron chi connectivity index (χ4n) is 2.94. The minimum atomic E-state index is 0.0229. The van der Waals surface area contributed by atoms with Crippen molar-refractivity contribution in [3.8, 4) is 17.1 Å². The van der Waals surface area contributed by atoms with Crippen molar-refractivity contribution in [2.45, 2.75) is 4.90 Å². The number of hydrogen-bond donors (Lipinski definition) is 3. The lowest BCUT2D eigenvalue weighted by Crippen LogP contribution is -1.78. The van der Waals surface area contributed by atoms with Crippen molar-refractivity contribution in [1.82, 2.24) is 9.97 Å². The van der Waals surface area contributed by atoms with Gasteiger partial charge in [-0.2, -0.15) is 0 Å². The maximum atomic E-state index is 11.4. The smallest absolute Gasteiger partial charge is 0.199 e. The number of aromatic amines is 2. The van der Waals surface area contributed by atoms with Gasteiger partial charge in [0.2, 0.25) is 0 Å². The summed E-state index contributed by atoms with van der Waals surface area (Å²) in [6.07, 6.45) is 1.99. The van der Waals surface area contributed by atoms with Crippen LogP contribution in [0.5, 0.6) is 5.88 Å². The Labute approximate surface area is 135 Å². The van der Waals surface area contributed by atoms with Crippen molar-refractivity contribution >= 4 is 39.3 Å². The molecule has 0 fully saturated rings. The van der Waals surface area contributed by atoms with Gasteiger partial charge in [0.25, 0.3) is 0 Å². The van der Waals surface area contributed by atoms with Crippen LogP contribution in [0.2, 0.25) is 0 Å². The molecule has 6 heteroatoms. The number of nitrogens with one attached hydrogen (secondary N) is 2. The number of rotatable bonds is 3. The normalized spacial score (nSPS) is 11.3. The van der Waals surface area contributed by atoms with Gasteiger partial charge in [0.15, 0.2) is 5.88 Å². The third-order valence-electron chi connectivity index (χ3n) is 4.01. The number of aromatic hydroxyl groups is 1. The number of para-hydroxylation sites is 1. The summed E-state index contributed by atoms with van der Waals surface area (Å²) in [5.74, 6) is 0.0229. The van der Waals surface area contributed by atoms with E-state index in [0.717, 1.165) is 26.7 Å². The van der Waals surface area contributed by atoms with E-state index in [9.17, 15) is 10.0 Å². The zero-order valence-electron chi connectivity index (χ0n) is 12.3. The third kappa shape index (κ3) is 2.03. The number of benzene rings is 2. The lowest BCUT2D eigenvalue weighted by molar-refractivity contribution is 0.460. The Balaban J connectivity index is 2.09. The Bertz CT molecular complexity index is 1050. The van der Waals surface area contributed by atoms with Crippen LogP contribution in [-0.4, -0.2) is 21.3 Å². The molecule has 0 saturated carbocycles. The van der Waals surface area contributed by atoms with E-state index in [1.165, 1.54) is 0 Å². The molecule has 0 aliphatic rings. The van der Waals surface area contributed by atoms with E-state index in [1.54, 1.807) is 11.8 Å². The number of H-pyrrole nitrogens is 2. The molecule has 2 heterocycles. The third-order valence-corrected chi connectivity index (χ3v) is 4.73. The van der Waals surface area contributed by atoms with Gasteiger partial charge in [-0.1, -0.05) is 18.2 Å². The van der Waals surface area contributed by atoms with Crippen molar-refractivity contribution in [3.05, 3.63) is 47.4 Å². The van der Waals surface area contributed by atoms with E-state index in [2.05, 4.69) is 15.1 Å². The highest BCUT2D eigenvalue weighted by atomic mass is 32.2. The molecular formula is C17H13N3O2S. The van der Waals surface area contributed by atoms with E-state index in [0.29, 0.717) is 16.9 Å². The van der Waals surface area contributed by atoms with Gasteiger partial charge in [0.05, 0.1) is 11.3 Å². The summed E-state index contributed by atoms with van der Waals surface area (Å²) >= 11 is 1.62. The summed E-state index contributed by atoms with van der Waals surface area (Å²) in [7, 11) is 0. The van der Waals surface area contributed by atoms with Gasteiger partial charge in [0, 0.05) is 26.7 Å². The molecule has 0 amide bonds. The molecule has 0 saturated heterocycles. The quantitative estimate of drug-likeness (QED) is 0.360. The van der Waals surface area contributed by atoms with Gasteiger partial charge < -0.3 is 15.1 Å². The number of thioether (sulfide) groups is 1. The molecule has 0 aliphatic carbocycles. The predicted molar refractivity (Wildman–Crippen MR) is 94.5 cm³/mol. The highest BCUT2D eigenvalue weighted by molar-refractivity contribution is 7.98. The van der Waals surface area contributed by atoms with Crippen molar-refractivity contribution in [2.75, 3.05) is 6.26 Å². The van der Waals surface area contributed by atoms with E-state index < -0.39 is 0 Å². The van der Waals surface area contributed by atoms with Crippen LogP contribution in [0.15, 0.2) is 52.5 Å². The highest BCUT2D eigenvalue weighted by Gasteiger charge is 2.21. The molecule has 114 valence electrons. The predicted octanol–water partition coefficient (Wildman–Crippen LogP) is 5.14. The number of fused-ring (bicyclic) bond motifs is 2. The Morgan fingerprint density at radius 3 is 2.61 bits per heavy atom. The molecule has 3 N–H and O–H groups in total. The fraction of sp³-hybridized carbons (Fsp3) is 0.0588. The van der Waals surface area contributed by atoms with Crippen molar-refractivity contribution in [3.63, 3.8) is 0 Å². The van der Waals surface area contributed by atoms with Gasteiger partial charge in [0.1, 0.15) is 5.69 Å². The highest BCUT2D eigenvalue weighted by Crippen LogP contribution is 2.44. The standard InChI is InChI=1S/C17H13N3O2S/c1-23-9-6-7-13-11(8-9)14(17(21)19-13)16-15(20-22)10-4-2-3-5-12(10)18-16/h2-8,18-19,21H,1H3. The molecule has 0 atom stereocenters. The van der Waals surface area contributed by atoms with E-state index in [4.69, 9.17) is 0 Å². The summed E-state index contributed by atoms with van der Waals surface area (Å²) in [4.78, 5) is 18.6. The van der Waals surface area contributed by atoms with Crippen LogP contribution in [0.3, 0.4) is 0 Å². The largest absolute Gasteiger partial charge is 0.494 e. The molecule has 0 bridgehead atoms. The lowest BCUT2D eigenvalue weighted by Gasteiger charge is -2.00. The molecule has 0 unspecified atom stereocenters. The Hall–Kier alpha value is -2.73. The van der Waals surface area contributed by atoms with E-state index >= 15 is 0 Å². The van der Waals surface area contributed by atoms with Gasteiger partial charge >= 0.3 is 0 Å². The van der Waals surface area contributed by atoms with Crippen LogP contribution < -0.4 is 0 Å². The second kappa shape index (κ2) is 5.17. The van der Waals surface area contributed by atoms with Crippen LogP contribution in [-0.2, 0) is 0 Å². The molecule has 4 aromatic rings. The fourth-order valence-corrected chi connectivity index (χ4v) is 3.38. The number of nitrogens with zero attached hydrogens (tertiary/aromatic N) is 1. The van der Waals surface area contributed by atoms with Crippen LogP contribution >= 0.6 is 11.8 Å². The lowest BCUT2D eigenvalue weighted by atomic mass is 10.1. The Morgan fingerprint density at radius 2 is 1.83 bits per heavy atom. The average molecular weight is 323 g/mol. The monoisotopic (exact) mass is 323 g/mol. The minimum absolute atomic E-state index is 0.0229. The van der Waals surface area contributed by atoms with Gasteiger partial charge in [-0.3, -0.25) is 0 Å². The molecule has 2 aromatic carbocycles. The van der Waals surface area contributed by atoms with Crippen molar-refractivity contribution in [1.29, 1.82) is 0 Å². The number of hydrogen-bond acceptors (Lipinski definition) is 4. The summed E-state index contributed by atoms with van der Waals surface area (Å²) in [6.45, 7) is 0. The second-order valence-corrected chi connectivity index (χ2v) is 6.13. The topological polar surface area (TPSA) is 81.2 Å². The van der Waals surface area contributed by atoms with Gasteiger partial charge in [-0.25, -0.2) is 0 Å². The molecule has 0 spiro atoms. The Morgan fingerprint density at radius 1 is 1.04 bits per heavy atom. The van der Waals surface area contributed by atoms with Crippen LogP contribution in [0, 0.1) is 4.91 Å². The summed E-state index contributed by atoms with van der Waals surface area (Å²) < 4.78 is 0. The average Bonchev–Trinajstić information content (AvgIpc) is 3.09. The number of aromatic nitrogens is 2. The zero-order chi connectivity index (χ0) is 16.0. The SMILES string of the molecule is CSc1ccc2[nH]c(O)c(-c3[nH]c4ccccc4c3N=O)c2c1. The maximum absolute atomic E-state index is 11.4. The van der Waals surface area contributed by atoms with E-state index in [1.807, 2.05) is 48.7 Å². The molecule has 5 nitrogen and oxygen atoms in total. The number of nitroso groups, excluding NO2 is 1. The minimum Gasteiger partial charge on any atom is -0.494 e. The first-order valence-corrected chi connectivity index (χ1v) is 8.28. The van der Waals surface area contributed by atoms with Crippen LogP contribution in [0.1, 0.15) is 0 Å². The molecule has 4 rings (SSSR count). The van der Waals surface area contributed by atoms with Crippen LogP contribution in [0.25, 0.3) is 33.1 Å². The summed E-state index contributed by atoms with van der Waals surface area (Å²) in [6, 6.07) is 13.4. The van der Waals surface area contributed by atoms with E-state index in [-0.39, 0.29) is 5.88 Å². The summed E-state index contributed by atoms with van der Waals surface area (Å²) in [5.41, 5.74) is 3.04. The first kappa shape index (κ1) is 13.9. The van der Waals surface area contributed by atoms with Gasteiger partial charge in [-0.15, -0.1) is 16.7 Å². The molecule has 0 radical (unpaired) electrons. The second-order valence-electron chi connectivity index (χ2n) is 5.25. The first-order chi connectivity index (χ1) is 11.2. The maximum Gasteiger partial charge on any atom is 0.199 e. The van der Waals surface area contributed by atoms with Gasteiger partial charge in [-0.05, 0) is 35.7 Å². The first-order valence-electron chi connectivity index (χ1n) is 7.06. The zero-order valence-corrected chi connectivity index (χ0v) is 13.1. The van der Waals surface area contributed by atoms with Crippen molar-refractivity contribution in [2.24, 2.45) is 5.18 Å². The van der Waals surface area contributed by atoms with Crippen molar-refractivity contribution < 1.29 is 5.11 Å². The molecule has 0 aliphatic heterocycles. The summed E-state index contributed by atoms with van der Waals surface area (Å²) in [5, 5.41) is 15.2. The molecule has 23 heavy (non-hydrogen) atoms. The Kier molecular flexibility index (Phi) is 3.12. The molecular weight excluding hydrogens is 310 g/mol. The van der Waals surface area contributed by atoms with Crippen LogP contribution in [0.4, 0.5) is 5.69 Å².